The zero-order valence-electron chi connectivity index (χ0n) is 18.4. The summed E-state index contributed by atoms with van der Waals surface area (Å²) in [4.78, 5) is 31.8. The first-order chi connectivity index (χ1) is 15.4. The molecule has 5 rings (SSSR count). The summed E-state index contributed by atoms with van der Waals surface area (Å²) < 4.78 is 7.53. The molecule has 0 spiro atoms. The van der Waals surface area contributed by atoms with Gasteiger partial charge in [0, 0.05) is 44.1 Å². The number of likely N-dealkylation sites (tertiary alicyclic amines) is 1. The molecule has 1 atom stereocenters. The van der Waals surface area contributed by atoms with Gasteiger partial charge in [-0.2, -0.15) is 0 Å². The molecule has 2 fully saturated rings. The topological polar surface area (TPSA) is 107 Å². The van der Waals surface area contributed by atoms with Gasteiger partial charge in [0.1, 0.15) is 5.76 Å². The normalized spacial score (nSPS) is 22.0. The Kier molecular flexibility index (Phi) is 5.23. The maximum atomic E-state index is 13.2. The van der Waals surface area contributed by atoms with Crippen LogP contribution in [0.15, 0.2) is 35.1 Å². The molecule has 2 aromatic heterocycles. The van der Waals surface area contributed by atoms with Gasteiger partial charge in [-0.25, -0.2) is 4.98 Å². The standard InChI is InChI=1S/C24H29N5O3/c1-28-15-26-20-11-17(7-8-21(20)28)22(30)29-10-9-24(14-29,23(25)31)13-18-12-19(27-32-18)16-5-3-2-4-6-16/h7-8,11-12,15-16H,2-6,9-10,13-14H2,1H3,(H2,25,31). The van der Waals surface area contributed by atoms with Gasteiger partial charge in [0.2, 0.25) is 5.91 Å². The second kappa shape index (κ2) is 8.07. The Bertz CT molecular complexity index is 1160. The summed E-state index contributed by atoms with van der Waals surface area (Å²) in [7, 11) is 1.92. The smallest absolute Gasteiger partial charge is 0.253 e. The van der Waals surface area contributed by atoms with Crippen LogP contribution in [0.5, 0.6) is 0 Å². The lowest BCUT2D eigenvalue weighted by molar-refractivity contribution is -0.127. The number of primary amides is 1. The lowest BCUT2D eigenvalue weighted by Crippen LogP contribution is -2.42. The molecule has 3 heterocycles. The molecule has 0 radical (unpaired) electrons. The molecule has 8 nitrogen and oxygen atoms in total. The summed E-state index contributed by atoms with van der Waals surface area (Å²) in [6.07, 6.45) is 8.60. The van der Waals surface area contributed by atoms with E-state index in [9.17, 15) is 9.59 Å². The highest BCUT2D eigenvalue weighted by molar-refractivity contribution is 5.98. The van der Waals surface area contributed by atoms with Gasteiger partial charge in [-0.05, 0) is 37.5 Å². The first-order valence-electron chi connectivity index (χ1n) is 11.4. The van der Waals surface area contributed by atoms with E-state index < -0.39 is 11.3 Å². The number of carbonyl (C=O) groups excluding carboxylic acids is 2. The zero-order valence-corrected chi connectivity index (χ0v) is 18.4. The minimum atomic E-state index is -0.839. The molecule has 8 heteroatoms. The van der Waals surface area contributed by atoms with E-state index in [1.807, 2.05) is 29.8 Å². The van der Waals surface area contributed by atoms with E-state index in [-0.39, 0.29) is 12.5 Å². The first kappa shape index (κ1) is 20.7. The SMILES string of the molecule is Cn1cnc2cc(C(=O)N3CCC(Cc4cc(C5CCCCC5)no4)(C(N)=O)C3)ccc21. The van der Waals surface area contributed by atoms with Crippen LogP contribution < -0.4 is 5.73 Å². The molecule has 2 aliphatic rings. The second-order valence-electron chi connectivity index (χ2n) is 9.41. The molecule has 2 N–H and O–H groups in total. The van der Waals surface area contributed by atoms with Crippen LogP contribution in [-0.2, 0) is 18.3 Å². The van der Waals surface area contributed by atoms with Gasteiger partial charge < -0.3 is 19.7 Å². The quantitative estimate of drug-likeness (QED) is 0.662. The molecule has 1 aromatic carbocycles. The van der Waals surface area contributed by atoms with Crippen LogP contribution in [0.4, 0.5) is 0 Å². The average Bonchev–Trinajstić information content (AvgIpc) is 3.54. The third kappa shape index (κ3) is 3.67. The highest BCUT2D eigenvalue weighted by Gasteiger charge is 2.46. The van der Waals surface area contributed by atoms with Crippen LogP contribution in [0.3, 0.4) is 0 Å². The van der Waals surface area contributed by atoms with E-state index in [0.717, 1.165) is 29.6 Å². The maximum absolute atomic E-state index is 13.2. The molecule has 1 saturated heterocycles. The van der Waals surface area contributed by atoms with Crippen molar-refractivity contribution in [1.29, 1.82) is 0 Å². The number of fused-ring (bicyclic) bond motifs is 1. The Hall–Kier alpha value is -3.16. The van der Waals surface area contributed by atoms with Gasteiger partial charge in [-0.15, -0.1) is 0 Å². The number of nitrogens with zero attached hydrogens (tertiary/aromatic N) is 4. The summed E-state index contributed by atoms with van der Waals surface area (Å²) >= 11 is 0. The van der Waals surface area contributed by atoms with Crippen LogP contribution in [0.25, 0.3) is 11.0 Å². The van der Waals surface area contributed by atoms with Crippen molar-refractivity contribution in [3.63, 3.8) is 0 Å². The van der Waals surface area contributed by atoms with Crippen molar-refractivity contribution in [2.24, 2.45) is 18.2 Å². The fourth-order valence-electron chi connectivity index (χ4n) is 5.27. The molecule has 32 heavy (non-hydrogen) atoms. The molecule has 3 aromatic rings. The Morgan fingerprint density at radius 2 is 2.03 bits per heavy atom. The predicted octanol–water partition coefficient (Wildman–Crippen LogP) is 3.17. The van der Waals surface area contributed by atoms with E-state index in [4.69, 9.17) is 10.3 Å². The van der Waals surface area contributed by atoms with E-state index in [1.54, 1.807) is 17.3 Å². The Morgan fingerprint density at radius 3 is 2.81 bits per heavy atom. The number of aromatic nitrogens is 3. The van der Waals surface area contributed by atoms with E-state index in [1.165, 1.54) is 19.3 Å². The molecule has 2 amide bonds. The molecule has 1 saturated carbocycles. The lowest BCUT2D eigenvalue weighted by atomic mass is 9.81. The fraction of sp³-hybridized carbons (Fsp3) is 0.500. The minimum Gasteiger partial charge on any atom is -0.369 e. The van der Waals surface area contributed by atoms with Crippen molar-refractivity contribution in [3.05, 3.63) is 47.6 Å². The van der Waals surface area contributed by atoms with Gasteiger partial charge in [-0.3, -0.25) is 9.59 Å². The molecule has 0 bridgehead atoms. The molecular formula is C24H29N5O3. The van der Waals surface area contributed by atoms with Crippen LogP contribution >= 0.6 is 0 Å². The van der Waals surface area contributed by atoms with Gasteiger partial charge in [0.25, 0.3) is 5.91 Å². The minimum absolute atomic E-state index is 0.110. The van der Waals surface area contributed by atoms with Gasteiger partial charge in [-0.1, -0.05) is 24.4 Å². The number of hydrogen-bond donors (Lipinski definition) is 1. The van der Waals surface area contributed by atoms with Crippen molar-refractivity contribution >= 4 is 22.8 Å². The number of benzene rings is 1. The van der Waals surface area contributed by atoms with Crippen molar-refractivity contribution in [1.82, 2.24) is 19.6 Å². The zero-order chi connectivity index (χ0) is 22.3. The second-order valence-corrected chi connectivity index (χ2v) is 9.41. The summed E-state index contributed by atoms with van der Waals surface area (Å²) in [5.74, 6) is 0.604. The number of carbonyl (C=O) groups is 2. The number of aryl methyl sites for hydroxylation is 1. The third-order valence-corrected chi connectivity index (χ3v) is 7.25. The number of rotatable bonds is 5. The van der Waals surface area contributed by atoms with Gasteiger partial charge in [0.15, 0.2) is 0 Å². The van der Waals surface area contributed by atoms with Crippen LogP contribution in [0.1, 0.15) is 66.3 Å². The molecule has 168 valence electrons. The Balaban J connectivity index is 1.32. The molecule has 1 aliphatic carbocycles. The van der Waals surface area contributed by atoms with Crippen LogP contribution in [-0.4, -0.2) is 44.5 Å². The Labute approximate surface area is 186 Å². The summed E-state index contributed by atoms with van der Waals surface area (Å²) in [6.45, 7) is 0.756. The van der Waals surface area contributed by atoms with E-state index >= 15 is 0 Å². The largest absolute Gasteiger partial charge is 0.369 e. The van der Waals surface area contributed by atoms with E-state index in [0.29, 0.717) is 36.6 Å². The monoisotopic (exact) mass is 435 g/mol. The van der Waals surface area contributed by atoms with Crippen molar-refractivity contribution < 1.29 is 14.1 Å². The average molecular weight is 436 g/mol. The van der Waals surface area contributed by atoms with E-state index in [2.05, 4.69) is 10.1 Å². The van der Waals surface area contributed by atoms with Gasteiger partial charge >= 0.3 is 0 Å². The highest BCUT2D eigenvalue weighted by atomic mass is 16.5. The van der Waals surface area contributed by atoms with Crippen molar-refractivity contribution in [2.75, 3.05) is 13.1 Å². The molecule has 1 unspecified atom stereocenters. The van der Waals surface area contributed by atoms with Crippen molar-refractivity contribution in [2.45, 2.75) is 50.9 Å². The summed E-state index contributed by atoms with van der Waals surface area (Å²) in [6, 6.07) is 7.49. The maximum Gasteiger partial charge on any atom is 0.253 e. The van der Waals surface area contributed by atoms with Crippen LogP contribution in [0.2, 0.25) is 0 Å². The summed E-state index contributed by atoms with van der Waals surface area (Å²) in [5.41, 5.74) is 8.30. The number of nitrogens with two attached hydrogens (primary N) is 1. The van der Waals surface area contributed by atoms with Crippen LogP contribution in [0, 0.1) is 5.41 Å². The molecule has 1 aliphatic heterocycles. The number of imidazole rings is 1. The lowest BCUT2D eigenvalue weighted by Gasteiger charge is -2.24. The molecular weight excluding hydrogens is 406 g/mol. The number of hydrogen-bond acceptors (Lipinski definition) is 5. The fourth-order valence-corrected chi connectivity index (χ4v) is 5.27. The number of amides is 2. The summed E-state index contributed by atoms with van der Waals surface area (Å²) in [5, 5.41) is 4.29. The van der Waals surface area contributed by atoms with Crippen molar-refractivity contribution in [3.8, 4) is 0 Å². The third-order valence-electron chi connectivity index (χ3n) is 7.25. The first-order valence-corrected chi connectivity index (χ1v) is 11.4. The Morgan fingerprint density at radius 1 is 1.22 bits per heavy atom. The van der Waals surface area contributed by atoms with Gasteiger partial charge in [0.05, 0.1) is 28.5 Å². The highest BCUT2D eigenvalue weighted by Crippen LogP contribution is 2.37. The predicted molar refractivity (Wildman–Crippen MR) is 119 cm³/mol.